The van der Waals surface area contributed by atoms with Crippen molar-refractivity contribution in [1.82, 2.24) is 19.5 Å². The van der Waals surface area contributed by atoms with Crippen molar-refractivity contribution in [3.05, 3.63) is 87.7 Å². The van der Waals surface area contributed by atoms with Gasteiger partial charge in [-0.1, -0.05) is 63.2 Å². The number of aromatic nitrogens is 4. The average molecular weight is 415 g/mol. The molecule has 3 N–H and O–H groups in total. The first-order chi connectivity index (χ1) is 14.7. The SMILES string of the molecule is CC(C)(C)c1ccc(-n2c(=O)[nH]c3c(C(N)=O)nc(CCc4ccccc4)nc32)cc1. The molecular formula is C24H25N5O2. The van der Waals surface area contributed by atoms with Gasteiger partial charge in [-0.15, -0.1) is 0 Å². The molecule has 31 heavy (non-hydrogen) atoms. The highest BCUT2D eigenvalue weighted by Gasteiger charge is 2.20. The van der Waals surface area contributed by atoms with Gasteiger partial charge < -0.3 is 10.7 Å². The van der Waals surface area contributed by atoms with Crippen LogP contribution in [0.4, 0.5) is 0 Å². The number of carbonyl (C=O) groups excluding carboxylic acids is 1. The van der Waals surface area contributed by atoms with Gasteiger partial charge in [0.2, 0.25) is 0 Å². The number of hydrogen-bond acceptors (Lipinski definition) is 4. The Hall–Kier alpha value is -3.74. The van der Waals surface area contributed by atoms with Gasteiger partial charge in [-0.2, -0.15) is 0 Å². The van der Waals surface area contributed by atoms with Crippen molar-refractivity contribution in [2.45, 2.75) is 39.0 Å². The number of nitrogens with zero attached hydrogens (tertiary/aromatic N) is 3. The summed E-state index contributed by atoms with van der Waals surface area (Å²) in [4.78, 5) is 36.5. The van der Waals surface area contributed by atoms with E-state index in [4.69, 9.17) is 5.73 Å². The number of benzene rings is 2. The van der Waals surface area contributed by atoms with Gasteiger partial charge >= 0.3 is 5.69 Å². The number of imidazole rings is 1. The molecule has 0 radical (unpaired) electrons. The monoisotopic (exact) mass is 415 g/mol. The largest absolute Gasteiger partial charge is 0.364 e. The summed E-state index contributed by atoms with van der Waals surface area (Å²) in [6.07, 6.45) is 1.22. The van der Waals surface area contributed by atoms with Gasteiger partial charge in [0, 0.05) is 6.42 Å². The number of primary amides is 1. The Morgan fingerprint density at radius 1 is 1.00 bits per heavy atom. The smallest absolute Gasteiger partial charge is 0.332 e. The van der Waals surface area contributed by atoms with E-state index in [2.05, 4.69) is 35.7 Å². The van der Waals surface area contributed by atoms with E-state index in [1.807, 2.05) is 54.6 Å². The highest BCUT2D eigenvalue weighted by atomic mass is 16.2. The molecule has 1 amide bonds. The van der Waals surface area contributed by atoms with Gasteiger partial charge in [-0.3, -0.25) is 4.79 Å². The van der Waals surface area contributed by atoms with Crippen molar-refractivity contribution in [2.75, 3.05) is 0 Å². The minimum atomic E-state index is -0.704. The fourth-order valence-corrected chi connectivity index (χ4v) is 3.57. The normalized spacial score (nSPS) is 11.7. The standard InChI is InChI=1S/C24H25N5O2/c1-24(2,3)16-10-12-17(13-11-16)29-22-20(28-23(29)31)19(21(25)30)26-18(27-22)14-9-15-7-5-4-6-8-15/h4-8,10-13H,9,14H2,1-3H3,(H2,25,30)(H,28,31). The number of rotatable bonds is 5. The van der Waals surface area contributed by atoms with Gasteiger partial charge in [0.1, 0.15) is 11.3 Å². The fourth-order valence-electron chi connectivity index (χ4n) is 3.57. The Balaban J connectivity index is 1.81. The summed E-state index contributed by atoms with van der Waals surface area (Å²) in [7, 11) is 0. The molecule has 0 aliphatic heterocycles. The van der Waals surface area contributed by atoms with E-state index in [9.17, 15) is 9.59 Å². The summed E-state index contributed by atoms with van der Waals surface area (Å²) in [5.74, 6) is -0.242. The first-order valence-corrected chi connectivity index (χ1v) is 10.2. The highest BCUT2D eigenvalue weighted by molar-refractivity contribution is 6.01. The zero-order chi connectivity index (χ0) is 22.2. The Kier molecular flexibility index (Phi) is 5.19. The zero-order valence-electron chi connectivity index (χ0n) is 17.8. The molecule has 0 saturated carbocycles. The van der Waals surface area contributed by atoms with Crippen LogP contribution in [0.15, 0.2) is 59.4 Å². The topological polar surface area (TPSA) is 107 Å². The predicted octanol–water partition coefficient (Wildman–Crippen LogP) is 3.29. The quantitative estimate of drug-likeness (QED) is 0.521. The number of aryl methyl sites for hydroxylation is 2. The molecule has 4 aromatic rings. The van der Waals surface area contributed by atoms with E-state index in [-0.39, 0.29) is 16.6 Å². The summed E-state index contributed by atoms with van der Waals surface area (Å²) >= 11 is 0. The van der Waals surface area contributed by atoms with Crippen molar-refractivity contribution in [3.8, 4) is 5.69 Å². The number of H-pyrrole nitrogens is 1. The van der Waals surface area contributed by atoms with Crippen LogP contribution >= 0.6 is 0 Å². The first kappa shape index (κ1) is 20.5. The molecule has 2 aromatic carbocycles. The zero-order valence-corrected chi connectivity index (χ0v) is 17.8. The number of amides is 1. The molecule has 158 valence electrons. The van der Waals surface area contributed by atoms with Crippen LogP contribution in [0, 0.1) is 0 Å². The van der Waals surface area contributed by atoms with Crippen molar-refractivity contribution >= 4 is 17.1 Å². The molecule has 7 nitrogen and oxygen atoms in total. The molecule has 0 fully saturated rings. The second-order valence-electron chi connectivity index (χ2n) is 8.60. The lowest BCUT2D eigenvalue weighted by Crippen LogP contribution is -2.17. The maximum absolute atomic E-state index is 12.8. The van der Waals surface area contributed by atoms with Crippen LogP contribution in [0.2, 0.25) is 0 Å². The third kappa shape index (κ3) is 4.12. The number of fused-ring (bicyclic) bond motifs is 1. The van der Waals surface area contributed by atoms with E-state index in [0.717, 1.165) is 11.1 Å². The van der Waals surface area contributed by atoms with E-state index >= 15 is 0 Å². The van der Waals surface area contributed by atoms with Crippen LogP contribution in [0.1, 0.15) is 48.2 Å². The summed E-state index contributed by atoms with van der Waals surface area (Å²) in [6, 6.07) is 17.7. The van der Waals surface area contributed by atoms with Crippen LogP contribution in [0.25, 0.3) is 16.9 Å². The third-order valence-electron chi connectivity index (χ3n) is 5.29. The Labute approximate surface area is 180 Å². The second kappa shape index (κ2) is 7.83. The van der Waals surface area contributed by atoms with Crippen LogP contribution in [-0.4, -0.2) is 25.4 Å². The van der Waals surface area contributed by atoms with E-state index in [1.165, 1.54) is 4.57 Å². The number of carbonyl (C=O) groups is 1. The number of nitrogens with one attached hydrogen (secondary N) is 1. The molecule has 0 saturated heterocycles. The maximum Gasteiger partial charge on any atom is 0.332 e. The van der Waals surface area contributed by atoms with Crippen LogP contribution in [0.3, 0.4) is 0 Å². The molecule has 2 aromatic heterocycles. The lowest BCUT2D eigenvalue weighted by Gasteiger charge is -2.19. The number of nitrogens with two attached hydrogens (primary N) is 1. The summed E-state index contributed by atoms with van der Waals surface area (Å²) < 4.78 is 1.46. The third-order valence-corrected chi connectivity index (χ3v) is 5.29. The lowest BCUT2D eigenvalue weighted by molar-refractivity contribution is 0.0996. The van der Waals surface area contributed by atoms with Crippen molar-refractivity contribution in [1.29, 1.82) is 0 Å². The lowest BCUT2D eigenvalue weighted by atomic mass is 9.87. The molecular weight excluding hydrogens is 390 g/mol. The molecule has 0 aliphatic carbocycles. The second-order valence-corrected chi connectivity index (χ2v) is 8.60. The van der Waals surface area contributed by atoms with E-state index in [0.29, 0.717) is 30.0 Å². The summed E-state index contributed by atoms with van der Waals surface area (Å²) in [5, 5.41) is 0. The van der Waals surface area contributed by atoms with E-state index in [1.54, 1.807) is 0 Å². The molecule has 2 heterocycles. The van der Waals surface area contributed by atoms with Crippen molar-refractivity contribution in [2.24, 2.45) is 5.73 Å². The van der Waals surface area contributed by atoms with Gasteiger partial charge in [0.05, 0.1) is 5.69 Å². The van der Waals surface area contributed by atoms with Crippen LogP contribution < -0.4 is 11.4 Å². The molecule has 0 bridgehead atoms. The molecule has 7 heteroatoms. The Bertz CT molecular complexity index is 1300. The Morgan fingerprint density at radius 3 is 2.29 bits per heavy atom. The fraction of sp³-hybridized carbons (Fsp3) is 0.250. The van der Waals surface area contributed by atoms with Gasteiger partial charge in [0.25, 0.3) is 5.91 Å². The van der Waals surface area contributed by atoms with Crippen molar-refractivity contribution in [3.63, 3.8) is 0 Å². The van der Waals surface area contributed by atoms with Gasteiger partial charge in [0.15, 0.2) is 11.3 Å². The predicted molar refractivity (Wildman–Crippen MR) is 121 cm³/mol. The average Bonchev–Trinajstić information content (AvgIpc) is 3.07. The molecule has 4 rings (SSSR count). The maximum atomic E-state index is 12.8. The summed E-state index contributed by atoms with van der Waals surface area (Å²) in [5.41, 5.74) is 8.73. The summed E-state index contributed by atoms with van der Waals surface area (Å²) in [6.45, 7) is 6.39. The minimum absolute atomic E-state index is 0.00434. The van der Waals surface area contributed by atoms with Crippen LogP contribution in [0.5, 0.6) is 0 Å². The highest BCUT2D eigenvalue weighted by Crippen LogP contribution is 2.24. The van der Waals surface area contributed by atoms with Crippen molar-refractivity contribution < 1.29 is 4.79 Å². The number of hydrogen-bond donors (Lipinski definition) is 2. The number of aromatic amines is 1. The molecule has 0 unspecified atom stereocenters. The first-order valence-electron chi connectivity index (χ1n) is 10.2. The van der Waals surface area contributed by atoms with E-state index < -0.39 is 11.6 Å². The Morgan fingerprint density at radius 2 is 1.68 bits per heavy atom. The molecule has 0 spiro atoms. The van der Waals surface area contributed by atoms with Gasteiger partial charge in [-0.05, 0) is 35.1 Å². The van der Waals surface area contributed by atoms with Gasteiger partial charge in [-0.25, -0.2) is 19.3 Å². The molecule has 0 aliphatic rings. The van der Waals surface area contributed by atoms with Crippen LogP contribution in [-0.2, 0) is 18.3 Å². The molecule has 0 atom stereocenters. The minimum Gasteiger partial charge on any atom is -0.364 e.